The summed E-state index contributed by atoms with van der Waals surface area (Å²) in [6, 6.07) is 10.1. The lowest BCUT2D eigenvalue weighted by Crippen LogP contribution is -1.92. The summed E-state index contributed by atoms with van der Waals surface area (Å²) in [6.07, 6.45) is 0. The molecule has 16 heavy (non-hydrogen) atoms. The number of nitrogens with one attached hydrogen (secondary N) is 2. The van der Waals surface area contributed by atoms with Crippen molar-refractivity contribution < 1.29 is 0 Å². The molecule has 0 aliphatic heterocycles. The Kier molecular flexibility index (Phi) is 2.61. The molecular formula is C12H12N4. The van der Waals surface area contributed by atoms with E-state index >= 15 is 0 Å². The Labute approximate surface area is 93.9 Å². The molecule has 80 valence electrons. The van der Waals surface area contributed by atoms with Crippen LogP contribution < -0.4 is 5.32 Å². The molecule has 0 atom stereocenters. The van der Waals surface area contributed by atoms with Crippen LogP contribution in [0, 0.1) is 25.2 Å². The summed E-state index contributed by atoms with van der Waals surface area (Å²) >= 11 is 0. The molecule has 0 bridgehead atoms. The van der Waals surface area contributed by atoms with Gasteiger partial charge in [-0.1, -0.05) is 17.7 Å². The number of aromatic nitrogens is 2. The van der Waals surface area contributed by atoms with Crippen molar-refractivity contribution in [2.75, 3.05) is 5.32 Å². The number of hydrogen-bond acceptors (Lipinski definition) is 3. The molecular weight excluding hydrogens is 200 g/mol. The molecule has 0 radical (unpaired) electrons. The molecule has 2 rings (SSSR count). The standard InChI is InChI=1S/C12H12N4/c1-8-3-5-10(6-4-8)14-12-11(7-13)9(2)15-16-12/h3-6H,1-2H3,(H2,14,15,16). The lowest BCUT2D eigenvalue weighted by Gasteiger charge is -2.03. The van der Waals surface area contributed by atoms with Gasteiger partial charge in [-0.3, -0.25) is 5.10 Å². The molecule has 0 spiro atoms. The molecule has 2 aromatic rings. The highest BCUT2D eigenvalue weighted by atomic mass is 15.2. The normalized spacial score (nSPS) is 9.81. The van der Waals surface area contributed by atoms with Crippen LogP contribution >= 0.6 is 0 Å². The van der Waals surface area contributed by atoms with Gasteiger partial charge in [-0.2, -0.15) is 10.4 Å². The summed E-state index contributed by atoms with van der Waals surface area (Å²) in [5, 5.41) is 18.9. The first-order valence-corrected chi connectivity index (χ1v) is 4.99. The smallest absolute Gasteiger partial charge is 0.170 e. The molecule has 0 unspecified atom stereocenters. The van der Waals surface area contributed by atoms with Gasteiger partial charge in [-0.15, -0.1) is 0 Å². The maximum absolute atomic E-state index is 8.96. The highest BCUT2D eigenvalue weighted by Gasteiger charge is 2.08. The van der Waals surface area contributed by atoms with Crippen LogP contribution in [0.3, 0.4) is 0 Å². The van der Waals surface area contributed by atoms with Crippen LogP contribution in [0.2, 0.25) is 0 Å². The van der Waals surface area contributed by atoms with Gasteiger partial charge < -0.3 is 5.32 Å². The number of aryl methyl sites for hydroxylation is 2. The van der Waals surface area contributed by atoms with Crippen LogP contribution in [0.5, 0.6) is 0 Å². The number of hydrogen-bond donors (Lipinski definition) is 2. The molecule has 0 saturated heterocycles. The van der Waals surface area contributed by atoms with E-state index in [1.807, 2.05) is 38.1 Å². The first-order valence-electron chi connectivity index (χ1n) is 4.99. The second-order valence-electron chi connectivity index (χ2n) is 3.68. The zero-order valence-corrected chi connectivity index (χ0v) is 9.20. The minimum atomic E-state index is 0.556. The van der Waals surface area contributed by atoms with Crippen LogP contribution in [0.4, 0.5) is 11.5 Å². The molecule has 0 saturated carbocycles. The molecule has 4 heteroatoms. The van der Waals surface area contributed by atoms with E-state index in [0.29, 0.717) is 11.4 Å². The summed E-state index contributed by atoms with van der Waals surface area (Å²) in [5.74, 6) is 0.573. The van der Waals surface area contributed by atoms with E-state index in [1.54, 1.807) is 0 Å². The Balaban J connectivity index is 2.27. The van der Waals surface area contributed by atoms with Crippen molar-refractivity contribution in [2.45, 2.75) is 13.8 Å². The molecule has 1 aromatic heterocycles. The summed E-state index contributed by atoms with van der Waals surface area (Å²) in [4.78, 5) is 0. The Morgan fingerprint density at radius 3 is 2.56 bits per heavy atom. The van der Waals surface area contributed by atoms with Gasteiger partial charge >= 0.3 is 0 Å². The largest absolute Gasteiger partial charge is 0.338 e. The Bertz CT molecular complexity index is 531. The maximum atomic E-state index is 8.96. The third kappa shape index (κ3) is 1.89. The van der Waals surface area contributed by atoms with Crippen LogP contribution in [-0.2, 0) is 0 Å². The van der Waals surface area contributed by atoms with Gasteiger partial charge in [-0.05, 0) is 26.0 Å². The average Bonchev–Trinajstić information content (AvgIpc) is 2.63. The van der Waals surface area contributed by atoms with E-state index in [1.165, 1.54) is 5.56 Å². The molecule has 0 aliphatic rings. The quantitative estimate of drug-likeness (QED) is 0.804. The lowest BCUT2D eigenvalue weighted by molar-refractivity contribution is 1.05. The number of rotatable bonds is 2. The first-order chi connectivity index (χ1) is 7.70. The van der Waals surface area contributed by atoms with Gasteiger partial charge in [0, 0.05) is 5.69 Å². The number of benzene rings is 1. The summed E-state index contributed by atoms with van der Waals surface area (Å²) < 4.78 is 0. The third-order valence-corrected chi connectivity index (χ3v) is 2.37. The van der Waals surface area contributed by atoms with Gasteiger partial charge in [0.15, 0.2) is 5.82 Å². The fourth-order valence-corrected chi connectivity index (χ4v) is 1.43. The highest BCUT2D eigenvalue weighted by Crippen LogP contribution is 2.20. The van der Waals surface area contributed by atoms with Gasteiger partial charge in [0.05, 0.1) is 5.69 Å². The fourth-order valence-electron chi connectivity index (χ4n) is 1.43. The molecule has 1 aromatic carbocycles. The maximum Gasteiger partial charge on any atom is 0.170 e. The Morgan fingerprint density at radius 2 is 1.94 bits per heavy atom. The van der Waals surface area contributed by atoms with E-state index < -0.39 is 0 Å². The topological polar surface area (TPSA) is 64.5 Å². The average molecular weight is 212 g/mol. The second-order valence-corrected chi connectivity index (χ2v) is 3.68. The second kappa shape index (κ2) is 4.07. The minimum Gasteiger partial charge on any atom is -0.338 e. The van der Waals surface area contributed by atoms with Crippen molar-refractivity contribution in [2.24, 2.45) is 0 Å². The highest BCUT2D eigenvalue weighted by molar-refractivity contribution is 5.63. The number of aromatic amines is 1. The SMILES string of the molecule is Cc1ccc(Nc2n[nH]c(C)c2C#N)cc1. The zero-order valence-electron chi connectivity index (χ0n) is 9.20. The third-order valence-electron chi connectivity index (χ3n) is 2.37. The van der Waals surface area contributed by atoms with Crippen molar-refractivity contribution >= 4 is 11.5 Å². The lowest BCUT2D eigenvalue weighted by atomic mass is 10.2. The van der Waals surface area contributed by atoms with Crippen LogP contribution in [0.1, 0.15) is 16.8 Å². The molecule has 0 fully saturated rings. The van der Waals surface area contributed by atoms with Crippen LogP contribution in [0.15, 0.2) is 24.3 Å². The number of anilines is 2. The number of H-pyrrole nitrogens is 1. The zero-order chi connectivity index (χ0) is 11.5. The fraction of sp³-hybridized carbons (Fsp3) is 0.167. The summed E-state index contributed by atoms with van der Waals surface area (Å²) in [7, 11) is 0. The predicted molar refractivity (Wildman–Crippen MR) is 62.5 cm³/mol. The molecule has 0 aliphatic carbocycles. The minimum absolute atomic E-state index is 0.556. The molecule has 1 heterocycles. The van der Waals surface area contributed by atoms with Crippen LogP contribution in [0.25, 0.3) is 0 Å². The molecule has 0 amide bonds. The summed E-state index contributed by atoms with van der Waals surface area (Å²) in [5.41, 5.74) is 3.45. The monoisotopic (exact) mass is 212 g/mol. The van der Waals surface area contributed by atoms with Crippen molar-refractivity contribution in [1.82, 2.24) is 10.2 Å². The Morgan fingerprint density at radius 1 is 1.25 bits per heavy atom. The van der Waals surface area contributed by atoms with Crippen molar-refractivity contribution in [3.63, 3.8) is 0 Å². The molecule has 4 nitrogen and oxygen atoms in total. The van der Waals surface area contributed by atoms with Gasteiger partial charge in [-0.25, -0.2) is 0 Å². The van der Waals surface area contributed by atoms with Gasteiger partial charge in [0.2, 0.25) is 0 Å². The first kappa shape index (κ1) is 10.2. The van der Waals surface area contributed by atoms with Crippen molar-refractivity contribution in [1.29, 1.82) is 5.26 Å². The van der Waals surface area contributed by atoms with Gasteiger partial charge in [0.25, 0.3) is 0 Å². The van der Waals surface area contributed by atoms with Gasteiger partial charge in [0.1, 0.15) is 11.6 Å². The van der Waals surface area contributed by atoms with Crippen LogP contribution in [-0.4, -0.2) is 10.2 Å². The Hall–Kier alpha value is -2.28. The van der Waals surface area contributed by atoms with E-state index in [0.717, 1.165) is 11.4 Å². The van der Waals surface area contributed by atoms with E-state index in [4.69, 9.17) is 5.26 Å². The van der Waals surface area contributed by atoms with Crippen molar-refractivity contribution in [3.05, 3.63) is 41.1 Å². The van der Waals surface area contributed by atoms with Crippen molar-refractivity contribution in [3.8, 4) is 6.07 Å². The molecule has 2 N–H and O–H groups in total. The summed E-state index contributed by atoms with van der Waals surface area (Å²) in [6.45, 7) is 3.86. The van der Waals surface area contributed by atoms with E-state index in [9.17, 15) is 0 Å². The van der Waals surface area contributed by atoms with E-state index in [2.05, 4.69) is 21.6 Å². The predicted octanol–water partition coefficient (Wildman–Crippen LogP) is 2.64. The number of nitriles is 1. The van der Waals surface area contributed by atoms with E-state index in [-0.39, 0.29) is 0 Å². The number of nitrogens with zero attached hydrogens (tertiary/aromatic N) is 2.